The van der Waals surface area contributed by atoms with Gasteiger partial charge in [0.15, 0.2) is 11.5 Å². The minimum absolute atomic E-state index is 0.0392. The molecule has 1 aliphatic heterocycles. The van der Waals surface area contributed by atoms with Gasteiger partial charge in [0, 0.05) is 40.1 Å². The molecule has 2 aromatic carbocycles. The number of aromatic amines is 1. The number of carbonyl (C=O) groups excluding carboxylic acids is 1. The predicted octanol–water partition coefficient (Wildman–Crippen LogP) is 4.27. The Morgan fingerprint density at radius 2 is 1.92 bits per heavy atom. The summed E-state index contributed by atoms with van der Waals surface area (Å²) in [5.74, 6) is 1.30. The van der Waals surface area contributed by atoms with Gasteiger partial charge >= 0.3 is 0 Å². The van der Waals surface area contributed by atoms with E-state index in [2.05, 4.69) is 32.3 Å². The van der Waals surface area contributed by atoms with Crippen molar-refractivity contribution in [3.05, 3.63) is 52.6 Å². The Hall–Kier alpha value is -2.47. The van der Waals surface area contributed by atoms with Gasteiger partial charge < -0.3 is 19.8 Å². The molecule has 0 radical (unpaired) electrons. The Balaban J connectivity index is 1.44. The lowest BCUT2D eigenvalue weighted by molar-refractivity contribution is -0.116. The van der Waals surface area contributed by atoms with Crippen LogP contribution in [0.5, 0.6) is 11.5 Å². The van der Waals surface area contributed by atoms with Crippen LogP contribution >= 0.6 is 15.9 Å². The Kier molecular flexibility index (Phi) is 4.36. The number of para-hydroxylation sites is 1. The summed E-state index contributed by atoms with van der Waals surface area (Å²) < 4.78 is 11.9. The number of H-pyrrole nitrogens is 1. The van der Waals surface area contributed by atoms with Crippen molar-refractivity contribution in [2.24, 2.45) is 0 Å². The SMILES string of the molecule is O=C(CCc1c[nH]c2ccccc12)Nc1cc2c(cc1Br)OCCO2. The molecule has 0 saturated heterocycles. The Morgan fingerprint density at radius 3 is 2.76 bits per heavy atom. The van der Waals surface area contributed by atoms with Crippen LogP contribution in [0.3, 0.4) is 0 Å². The Morgan fingerprint density at radius 1 is 1.16 bits per heavy atom. The molecule has 0 fully saturated rings. The topological polar surface area (TPSA) is 63.4 Å². The minimum Gasteiger partial charge on any atom is -0.486 e. The Labute approximate surface area is 153 Å². The van der Waals surface area contributed by atoms with Gasteiger partial charge in [-0.25, -0.2) is 0 Å². The average Bonchev–Trinajstić information content (AvgIpc) is 3.04. The molecule has 1 amide bonds. The lowest BCUT2D eigenvalue weighted by Crippen LogP contribution is -2.17. The number of aryl methyl sites for hydroxylation is 1. The van der Waals surface area contributed by atoms with E-state index in [1.54, 1.807) is 6.07 Å². The number of rotatable bonds is 4. The molecule has 0 unspecified atom stereocenters. The van der Waals surface area contributed by atoms with Gasteiger partial charge in [-0.05, 0) is 34.0 Å². The third-order valence-corrected chi connectivity index (χ3v) is 4.86. The van der Waals surface area contributed by atoms with Crippen molar-refractivity contribution in [1.82, 2.24) is 4.98 Å². The van der Waals surface area contributed by atoms with E-state index in [9.17, 15) is 4.79 Å². The predicted molar refractivity (Wildman–Crippen MR) is 100 cm³/mol. The molecule has 6 heteroatoms. The lowest BCUT2D eigenvalue weighted by atomic mass is 10.1. The van der Waals surface area contributed by atoms with E-state index in [4.69, 9.17) is 9.47 Å². The fourth-order valence-electron chi connectivity index (χ4n) is 2.96. The van der Waals surface area contributed by atoms with E-state index >= 15 is 0 Å². The van der Waals surface area contributed by atoms with Gasteiger partial charge in [-0.3, -0.25) is 4.79 Å². The molecule has 3 aromatic rings. The summed E-state index contributed by atoms with van der Waals surface area (Å²) in [6.07, 6.45) is 3.05. The smallest absolute Gasteiger partial charge is 0.224 e. The molecule has 0 aliphatic carbocycles. The van der Waals surface area contributed by atoms with E-state index in [1.807, 2.05) is 30.5 Å². The normalized spacial score (nSPS) is 13.0. The van der Waals surface area contributed by atoms with Gasteiger partial charge in [0.25, 0.3) is 0 Å². The van der Waals surface area contributed by atoms with Gasteiger partial charge in [0.1, 0.15) is 13.2 Å². The highest BCUT2D eigenvalue weighted by Gasteiger charge is 2.16. The second-order valence-corrected chi connectivity index (χ2v) is 6.74. The van der Waals surface area contributed by atoms with Crippen LogP contribution in [0.1, 0.15) is 12.0 Å². The number of hydrogen-bond acceptors (Lipinski definition) is 3. The highest BCUT2D eigenvalue weighted by atomic mass is 79.9. The van der Waals surface area contributed by atoms with Crippen molar-refractivity contribution in [1.29, 1.82) is 0 Å². The third-order valence-electron chi connectivity index (χ3n) is 4.20. The molecule has 1 aliphatic rings. The number of anilines is 1. The zero-order valence-corrected chi connectivity index (χ0v) is 15.1. The maximum atomic E-state index is 12.3. The van der Waals surface area contributed by atoms with Crippen LogP contribution in [0.4, 0.5) is 5.69 Å². The highest BCUT2D eigenvalue weighted by molar-refractivity contribution is 9.10. The number of fused-ring (bicyclic) bond motifs is 2. The molecule has 4 rings (SSSR count). The molecule has 0 saturated carbocycles. The number of aromatic nitrogens is 1. The van der Waals surface area contributed by atoms with Crippen LogP contribution in [-0.2, 0) is 11.2 Å². The summed E-state index contributed by atoms with van der Waals surface area (Å²) in [5.41, 5.74) is 2.92. The number of halogens is 1. The second kappa shape index (κ2) is 6.80. The Bertz CT molecular complexity index is 936. The van der Waals surface area contributed by atoms with Gasteiger partial charge in [0.2, 0.25) is 5.91 Å². The van der Waals surface area contributed by atoms with Gasteiger partial charge in [0.05, 0.1) is 5.69 Å². The van der Waals surface area contributed by atoms with Crippen molar-refractivity contribution >= 4 is 38.4 Å². The van der Waals surface area contributed by atoms with Crippen molar-refractivity contribution in [2.45, 2.75) is 12.8 Å². The van der Waals surface area contributed by atoms with Crippen LogP contribution in [0, 0.1) is 0 Å². The largest absolute Gasteiger partial charge is 0.486 e. The quantitative estimate of drug-likeness (QED) is 0.686. The van der Waals surface area contributed by atoms with Crippen LogP contribution in [0.2, 0.25) is 0 Å². The minimum atomic E-state index is -0.0392. The van der Waals surface area contributed by atoms with E-state index < -0.39 is 0 Å². The molecule has 1 aromatic heterocycles. The van der Waals surface area contributed by atoms with Crippen LogP contribution < -0.4 is 14.8 Å². The number of carbonyl (C=O) groups is 1. The van der Waals surface area contributed by atoms with Crippen molar-refractivity contribution in [3.8, 4) is 11.5 Å². The number of hydrogen-bond donors (Lipinski definition) is 2. The number of ether oxygens (including phenoxy) is 2. The first-order valence-electron chi connectivity index (χ1n) is 8.15. The maximum absolute atomic E-state index is 12.3. The maximum Gasteiger partial charge on any atom is 0.224 e. The molecular formula is C19H17BrN2O3. The fourth-order valence-corrected chi connectivity index (χ4v) is 3.38. The average molecular weight is 401 g/mol. The molecule has 2 heterocycles. The molecule has 2 N–H and O–H groups in total. The summed E-state index contributed by atoms with van der Waals surface area (Å²) in [6.45, 7) is 1.05. The molecule has 128 valence electrons. The number of nitrogens with one attached hydrogen (secondary N) is 2. The zero-order valence-electron chi connectivity index (χ0n) is 13.5. The number of amides is 1. The number of benzene rings is 2. The summed E-state index contributed by atoms with van der Waals surface area (Å²) in [4.78, 5) is 15.6. The summed E-state index contributed by atoms with van der Waals surface area (Å²) in [5, 5.41) is 4.10. The van der Waals surface area contributed by atoms with E-state index in [-0.39, 0.29) is 5.91 Å². The van der Waals surface area contributed by atoms with Gasteiger partial charge in [-0.1, -0.05) is 18.2 Å². The van der Waals surface area contributed by atoms with Gasteiger partial charge in [-0.2, -0.15) is 0 Å². The first kappa shape index (κ1) is 16.0. The molecule has 0 atom stereocenters. The first-order valence-corrected chi connectivity index (χ1v) is 8.94. The summed E-state index contributed by atoms with van der Waals surface area (Å²) in [7, 11) is 0. The van der Waals surface area contributed by atoms with E-state index in [0.717, 1.165) is 20.9 Å². The highest BCUT2D eigenvalue weighted by Crippen LogP contribution is 2.38. The zero-order chi connectivity index (χ0) is 17.2. The lowest BCUT2D eigenvalue weighted by Gasteiger charge is -2.20. The van der Waals surface area contributed by atoms with Gasteiger partial charge in [-0.15, -0.1) is 0 Å². The van der Waals surface area contributed by atoms with E-state index in [0.29, 0.717) is 43.2 Å². The second-order valence-electron chi connectivity index (χ2n) is 5.88. The van der Waals surface area contributed by atoms with Crippen molar-refractivity contribution in [2.75, 3.05) is 18.5 Å². The summed E-state index contributed by atoms with van der Waals surface area (Å²) >= 11 is 3.47. The third kappa shape index (κ3) is 3.35. The fraction of sp³-hybridized carbons (Fsp3) is 0.211. The first-order chi connectivity index (χ1) is 12.2. The molecule has 5 nitrogen and oxygen atoms in total. The van der Waals surface area contributed by atoms with Crippen LogP contribution in [0.25, 0.3) is 10.9 Å². The molecule has 0 spiro atoms. The van der Waals surface area contributed by atoms with E-state index in [1.165, 1.54) is 0 Å². The monoisotopic (exact) mass is 400 g/mol. The molecule has 25 heavy (non-hydrogen) atoms. The van der Waals surface area contributed by atoms with Crippen LogP contribution in [-0.4, -0.2) is 24.1 Å². The standard InChI is InChI=1S/C19H17BrN2O3/c20-14-9-17-18(25-8-7-24-17)10-16(14)22-19(23)6-5-12-11-21-15-4-2-1-3-13(12)15/h1-4,9-11,21H,5-8H2,(H,22,23). The molecule has 0 bridgehead atoms. The summed E-state index contributed by atoms with van der Waals surface area (Å²) in [6, 6.07) is 11.7. The van der Waals surface area contributed by atoms with Crippen molar-refractivity contribution < 1.29 is 14.3 Å². The molecular weight excluding hydrogens is 384 g/mol. The van der Waals surface area contributed by atoms with Crippen LogP contribution in [0.15, 0.2) is 47.1 Å². The van der Waals surface area contributed by atoms with Crippen molar-refractivity contribution in [3.63, 3.8) is 0 Å².